The maximum Gasteiger partial charge on any atom is 0.336 e. The van der Waals surface area contributed by atoms with Crippen LogP contribution in [0.2, 0.25) is 0 Å². The van der Waals surface area contributed by atoms with Crippen LogP contribution in [0.3, 0.4) is 0 Å². The molecule has 1 N–H and O–H groups in total. The Bertz CT molecular complexity index is 560. The number of ether oxygens (including phenoxy) is 1. The zero-order chi connectivity index (χ0) is 12.4. The minimum absolute atomic E-state index is 0.316. The van der Waals surface area contributed by atoms with Crippen molar-refractivity contribution in [3.63, 3.8) is 0 Å². The first-order valence-corrected chi connectivity index (χ1v) is 5.31. The molecule has 1 aromatic heterocycles. The summed E-state index contributed by atoms with van der Waals surface area (Å²) in [6.45, 7) is 3.01. The molecule has 0 aliphatic heterocycles. The number of aromatic nitrogens is 2. The molecule has 1 heterocycles. The van der Waals surface area contributed by atoms with Crippen LogP contribution in [0.4, 0.5) is 0 Å². The Morgan fingerprint density at radius 3 is 2.94 bits per heavy atom. The SMILES string of the molecule is COCCn1cnc2cc(C)c(C(=O)O)cc21. The van der Waals surface area contributed by atoms with Crippen LogP contribution in [-0.4, -0.2) is 34.3 Å². The number of hydrogen-bond donors (Lipinski definition) is 1. The number of imidazole rings is 1. The molecule has 17 heavy (non-hydrogen) atoms. The summed E-state index contributed by atoms with van der Waals surface area (Å²) in [6.07, 6.45) is 1.70. The molecule has 0 bridgehead atoms. The van der Waals surface area contributed by atoms with Crippen molar-refractivity contribution in [3.05, 3.63) is 29.6 Å². The average Bonchev–Trinajstić information content (AvgIpc) is 2.67. The topological polar surface area (TPSA) is 64.4 Å². The molecule has 90 valence electrons. The van der Waals surface area contributed by atoms with Crippen molar-refractivity contribution >= 4 is 17.0 Å². The normalized spacial score (nSPS) is 10.9. The van der Waals surface area contributed by atoms with Crippen LogP contribution in [-0.2, 0) is 11.3 Å². The molecular formula is C12H14N2O3. The lowest BCUT2D eigenvalue weighted by Gasteiger charge is -2.05. The molecule has 2 aromatic rings. The molecule has 0 unspecified atom stereocenters. The molecule has 0 atom stereocenters. The van der Waals surface area contributed by atoms with Gasteiger partial charge in [-0.15, -0.1) is 0 Å². The van der Waals surface area contributed by atoms with E-state index in [2.05, 4.69) is 4.98 Å². The van der Waals surface area contributed by atoms with Crippen LogP contribution in [0.15, 0.2) is 18.5 Å². The first-order valence-electron chi connectivity index (χ1n) is 5.31. The number of aromatic carboxylic acids is 1. The van der Waals surface area contributed by atoms with E-state index < -0.39 is 5.97 Å². The largest absolute Gasteiger partial charge is 0.478 e. The number of fused-ring (bicyclic) bond motifs is 1. The van der Waals surface area contributed by atoms with Gasteiger partial charge in [0.25, 0.3) is 0 Å². The summed E-state index contributed by atoms with van der Waals surface area (Å²) in [5.41, 5.74) is 2.67. The van der Waals surface area contributed by atoms with Crippen molar-refractivity contribution in [2.24, 2.45) is 0 Å². The maximum atomic E-state index is 11.1. The number of benzene rings is 1. The minimum atomic E-state index is -0.913. The molecule has 1 aromatic carbocycles. The van der Waals surface area contributed by atoms with Crippen LogP contribution in [0.25, 0.3) is 11.0 Å². The third-order valence-electron chi connectivity index (χ3n) is 2.73. The highest BCUT2D eigenvalue weighted by Crippen LogP contribution is 2.19. The minimum Gasteiger partial charge on any atom is -0.478 e. The number of rotatable bonds is 4. The summed E-state index contributed by atoms with van der Waals surface area (Å²) in [5.74, 6) is -0.913. The average molecular weight is 234 g/mol. The highest BCUT2D eigenvalue weighted by Gasteiger charge is 2.11. The van der Waals surface area contributed by atoms with Crippen molar-refractivity contribution in [2.45, 2.75) is 13.5 Å². The van der Waals surface area contributed by atoms with E-state index in [1.165, 1.54) is 0 Å². The molecule has 0 aliphatic carbocycles. The summed E-state index contributed by atoms with van der Waals surface area (Å²) < 4.78 is 6.89. The third kappa shape index (κ3) is 2.14. The first-order chi connectivity index (χ1) is 8.13. The number of carboxylic acids is 1. The van der Waals surface area contributed by atoms with E-state index in [0.717, 1.165) is 16.6 Å². The lowest BCUT2D eigenvalue weighted by atomic mass is 10.1. The number of methoxy groups -OCH3 is 1. The van der Waals surface area contributed by atoms with E-state index in [-0.39, 0.29) is 0 Å². The van der Waals surface area contributed by atoms with Gasteiger partial charge in [0, 0.05) is 13.7 Å². The fourth-order valence-corrected chi connectivity index (χ4v) is 1.81. The molecule has 5 heteroatoms. The van der Waals surface area contributed by atoms with Crippen LogP contribution >= 0.6 is 0 Å². The van der Waals surface area contributed by atoms with Gasteiger partial charge in [-0.2, -0.15) is 0 Å². The second kappa shape index (κ2) is 4.55. The second-order valence-corrected chi connectivity index (χ2v) is 3.89. The van der Waals surface area contributed by atoms with Gasteiger partial charge in [0.05, 0.1) is 29.5 Å². The van der Waals surface area contributed by atoms with Crippen molar-refractivity contribution in [1.82, 2.24) is 9.55 Å². The highest BCUT2D eigenvalue weighted by molar-refractivity contribution is 5.94. The smallest absolute Gasteiger partial charge is 0.336 e. The Morgan fingerprint density at radius 1 is 1.53 bits per heavy atom. The molecule has 0 amide bonds. The number of nitrogens with zero attached hydrogens (tertiary/aromatic N) is 2. The van der Waals surface area contributed by atoms with E-state index >= 15 is 0 Å². The van der Waals surface area contributed by atoms with E-state index in [1.54, 1.807) is 32.5 Å². The predicted octanol–water partition coefficient (Wildman–Crippen LogP) is 1.69. The monoisotopic (exact) mass is 234 g/mol. The quantitative estimate of drug-likeness (QED) is 0.874. The van der Waals surface area contributed by atoms with Crippen molar-refractivity contribution in [3.8, 4) is 0 Å². The Balaban J connectivity index is 2.51. The standard InChI is InChI=1S/C12H14N2O3/c1-8-5-10-11(6-9(8)12(15)16)14(7-13-10)3-4-17-2/h5-7H,3-4H2,1-2H3,(H,15,16). The van der Waals surface area contributed by atoms with E-state index in [4.69, 9.17) is 9.84 Å². The number of carbonyl (C=O) groups is 1. The molecule has 5 nitrogen and oxygen atoms in total. The van der Waals surface area contributed by atoms with Gasteiger partial charge in [0.15, 0.2) is 0 Å². The zero-order valence-corrected chi connectivity index (χ0v) is 9.80. The highest BCUT2D eigenvalue weighted by atomic mass is 16.5. The lowest BCUT2D eigenvalue weighted by molar-refractivity contribution is 0.0696. The molecule has 0 spiro atoms. The van der Waals surface area contributed by atoms with Crippen molar-refractivity contribution < 1.29 is 14.6 Å². The molecule has 0 saturated heterocycles. The van der Waals surface area contributed by atoms with Crippen molar-refractivity contribution in [2.75, 3.05) is 13.7 Å². The van der Waals surface area contributed by atoms with Gasteiger partial charge < -0.3 is 14.4 Å². The van der Waals surface area contributed by atoms with Gasteiger partial charge in [0.2, 0.25) is 0 Å². The Morgan fingerprint density at radius 2 is 2.29 bits per heavy atom. The van der Waals surface area contributed by atoms with Gasteiger partial charge >= 0.3 is 5.97 Å². The van der Waals surface area contributed by atoms with Gasteiger partial charge in [-0.3, -0.25) is 0 Å². The summed E-state index contributed by atoms with van der Waals surface area (Å²) >= 11 is 0. The molecular weight excluding hydrogens is 220 g/mol. The van der Waals surface area contributed by atoms with Crippen LogP contribution < -0.4 is 0 Å². The maximum absolute atomic E-state index is 11.1. The van der Waals surface area contributed by atoms with Gasteiger partial charge in [-0.05, 0) is 24.6 Å². The number of hydrogen-bond acceptors (Lipinski definition) is 3. The predicted molar refractivity (Wildman–Crippen MR) is 63.3 cm³/mol. The molecule has 0 radical (unpaired) electrons. The second-order valence-electron chi connectivity index (χ2n) is 3.89. The summed E-state index contributed by atoms with van der Waals surface area (Å²) in [4.78, 5) is 15.3. The van der Waals surface area contributed by atoms with E-state index in [1.807, 2.05) is 4.57 Å². The molecule has 2 rings (SSSR count). The van der Waals surface area contributed by atoms with Crippen LogP contribution in [0.5, 0.6) is 0 Å². The Hall–Kier alpha value is -1.88. The molecule has 0 aliphatic rings. The van der Waals surface area contributed by atoms with Gasteiger partial charge in [0.1, 0.15) is 0 Å². The van der Waals surface area contributed by atoms with E-state index in [9.17, 15) is 4.79 Å². The first kappa shape index (κ1) is 11.6. The lowest BCUT2D eigenvalue weighted by Crippen LogP contribution is -2.04. The Kier molecular flexibility index (Phi) is 3.10. The molecule has 0 saturated carbocycles. The zero-order valence-electron chi connectivity index (χ0n) is 9.80. The molecule has 0 fully saturated rings. The van der Waals surface area contributed by atoms with Gasteiger partial charge in [-0.25, -0.2) is 9.78 Å². The van der Waals surface area contributed by atoms with Gasteiger partial charge in [-0.1, -0.05) is 0 Å². The third-order valence-corrected chi connectivity index (χ3v) is 2.73. The summed E-state index contributed by atoms with van der Waals surface area (Å²) in [5, 5.41) is 9.08. The van der Waals surface area contributed by atoms with Crippen LogP contribution in [0.1, 0.15) is 15.9 Å². The van der Waals surface area contributed by atoms with Crippen molar-refractivity contribution in [1.29, 1.82) is 0 Å². The Labute approximate surface area is 98.6 Å². The number of aryl methyl sites for hydroxylation is 1. The van der Waals surface area contributed by atoms with Crippen LogP contribution in [0, 0.1) is 6.92 Å². The fourth-order valence-electron chi connectivity index (χ4n) is 1.81. The fraction of sp³-hybridized carbons (Fsp3) is 0.333. The van der Waals surface area contributed by atoms with E-state index in [0.29, 0.717) is 18.7 Å². The summed E-state index contributed by atoms with van der Waals surface area (Å²) in [6, 6.07) is 3.46. The number of carboxylic acid groups (broad SMARTS) is 1. The summed E-state index contributed by atoms with van der Waals surface area (Å²) in [7, 11) is 1.63.